The summed E-state index contributed by atoms with van der Waals surface area (Å²) in [6, 6.07) is 7.27. The standard InChI is InChI=1S/C75H100N4O27/c1-14-58(80)95-44-72(45-96-59(81)15-2,46-97-60(82)16-3)40-93-42-74(50-101-64(86)20-7,51-102-65(87)21-8)54-105-68(90)30-32-76-33-35-78(25-12)57-28-26-56(27-29-57)70(92)71(13,24-11)79-38-36-77(37-39-79)34-31-69(91)106-55-75(52-103-66(88)22-9,53-104-67(89)23-10)43-94-41-73(47-98-61(83)17-4,48-99-62(84)18-5)49-100-63(85)19-6/h14-23,26-29,76H,1-10,24-25,30-55H2,11-13H3. The number of carbonyl (C=O) groups excluding carboxylic acids is 13. The lowest BCUT2D eigenvalue weighted by Gasteiger charge is -2.44. The van der Waals surface area contributed by atoms with Crippen molar-refractivity contribution in [3.05, 3.63) is 156 Å². The number of hydrogen-bond acceptors (Lipinski definition) is 31. The number of nitrogens with zero attached hydrogens (tertiary/aromatic N) is 3. The van der Waals surface area contributed by atoms with E-state index in [1.165, 1.54) is 0 Å². The van der Waals surface area contributed by atoms with Gasteiger partial charge in [-0.05, 0) is 44.5 Å². The third kappa shape index (κ3) is 33.1. The molecule has 1 saturated heterocycles. The number of hydrogen-bond donors (Lipinski definition) is 1. The van der Waals surface area contributed by atoms with Crippen LogP contribution in [0.25, 0.3) is 0 Å². The molecule has 1 aromatic rings. The highest BCUT2D eigenvalue weighted by molar-refractivity contribution is 6.03. The molecule has 582 valence electrons. The Labute approximate surface area is 617 Å². The van der Waals surface area contributed by atoms with E-state index in [2.05, 4.69) is 80.9 Å². The highest BCUT2D eigenvalue weighted by Gasteiger charge is 2.44. The van der Waals surface area contributed by atoms with Gasteiger partial charge in [0.1, 0.15) is 79.3 Å². The van der Waals surface area contributed by atoms with Crippen LogP contribution >= 0.6 is 0 Å². The van der Waals surface area contributed by atoms with E-state index in [-0.39, 0.29) is 31.7 Å². The van der Waals surface area contributed by atoms with Crippen molar-refractivity contribution in [2.75, 3.05) is 170 Å². The Hall–Kier alpha value is -10.5. The molecule has 1 aliphatic rings. The second kappa shape index (κ2) is 48.5. The van der Waals surface area contributed by atoms with E-state index in [4.69, 9.17) is 66.3 Å². The van der Waals surface area contributed by atoms with Crippen molar-refractivity contribution in [3.63, 3.8) is 0 Å². The summed E-state index contributed by atoms with van der Waals surface area (Å²) in [4.78, 5) is 171. The van der Waals surface area contributed by atoms with Crippen LogP contribution in [0.15, 0.2) is 151 Å². The van der Waals surface area contributed by atoms with Gasteiger partial charge in [-0.2, -0.15) is 0 Å². The van der Waals surface area contributed by atoms with Crippen LogP contribution in [0, 0.1) is 21.7 Å². The number of anilines is 1. The molecule has 1 atom stereocenters. The molecule has 0 aromatic heterocycles. The van der Waals surface area contributed by atoms with E-state index in [0.717, 1.165) is 66.4 Å². The molecule has 0 bridgehead atoms. The maximum atomic E-state index is 14.5. The number of benzene rings is 1. The first-order chi connectivity index (χ1) is 50.5. The van der Waals surface area contributed by atoms with Crippen molar-refractivity contribution < 1.29 is 129 Å². The molecule has 1 fully saturated rings. The van der Waals surface area contributed by atoms with Gasteiger partial charge in [0.05, 0.1) is 66.5 Å². The Balaban J connectivity index is 2.19. The molecule has 1 aliphatic heterocycles. The summed E-state index contributed by atoms with van der Waals surface area (Å²) >= 11 is 0. The topological polar surface area (TPSA) is 373 Å². The molecule has 0 spiro atoms. The molecule has 1 heterocycles. The monoisotopic (exact) mass is 1490 g/mol. The third-order valence-corrected chi connectivity index (χ3v) is 16.4. The Morgan fingerprint density at radius 1 is 0.387 bits per heavy atom. The largest absolute Gasteiger partial charge is 0.465 e. The van der Waals surface area contributed by atoms with Gasteiger partial charge in [0.15, 0.2) is 5.78 Å². The summed E-state index contributed by atoms with van der Waals surface area (Å²) in [5, 5.41) is 3.22. The fraction of sp³-hybridized carbons (Fsp3) is 0.480. The molecule has 0 amide bonds. The first kappa shape index (κ1) is 91.6. The molecule has 0 saturated carbocycles. The van der Waals surface area contributed by atoms with Gasteiger partial charge in [-0.1, -0.05) is 72.7 Å². The zero-order valence-corrected chi connectivity index (χ0v) is 60.8. The fourth-order valence-corrected chi connectivity index (χ4v) is 9.79. The number of Topliss-reactive ketones (excluding diaryl/α,β-unsaturated/α-hetero) is 1. The molecular weight excluding hydrogens is 1390 g/mol. The van der Waals surface area contributed by atoms with Crippen molar-refractivity contribution in [1.29, 1.82) is 0 Å². The average molecular weight is 1490 g/mol. The van der Waals surface area contributed by atoms with Crippen LogP contribution in [0.3, 0.4) is 0 Å². The number of carbonyl (C=O) groups is 13. The van der Waals surface area contributed by atoms with Crippen LogP contribution in [0.4, 0.5) is 5.69 Å². The number of nitrogens with one attached hydrogen (secondary N) is 1. The Morgan fingerprint density at radius 3 is 0.925 bits per heavy atom. The van der Waals surface area contributed by atoms with E-state index >= 15 is 0 Å². The minimum atomic E-state index is -1.62. The molecule has 2 rings (SSSR count). The van der Waals surface area contributed by atoms with Crippen molar-refractivity contribution in [1.82, 2.24) is 15.1 Å². The van der Waals surface area contributed by atoms with Crippen LogP contribution in [-0.2, 0) is 124 Å². The van der Waals surface area contributed by atoms with Crippen LogP contribution in [-0.4, -0.2) is 257 Å². The van der Waals surface area contributed by atoms with Gasteiger partial charge >= 0.3 is 71.6 Å². The first-order valence-corrected chi connectivity index (χ1v) is 33.5. The van der Waals surface area contributed by atoms with Gasteiger partial charge < -0.3 is 81.4 Å². The highest BCUT2D eigenvalue weighted by Crippen LogP contribution is 2.31. The molecular formula is C75H100N4O27. The summed E-state index contributed by atoms with van der Waals surface area (Å²) < 4.78 is 76.9. The zero-order chi connectivity index (χ0) is 79.2. The molecule has 31 heteroatoms. The second-order valence-corrected chi connectivity index (χ2v) is 24.6. The molecule has 106 heavy (non-hydrogen) atoms. The van der Waals surface area contributed by atoms with Gasteiger partial charge in [0, 0.05) is 131 Å². The molecule has 1 aromatic carbocycles. The lowest BCUT2D eigenvalue weighted by atomic mass is 9.86. The number of esters is 12. The Morgan fingerprint density at radius 2 is 0.660 bits per heavy atom. The lowest BCUT2D eigenvalue weighted by Crippen LogP contribution is -2.59. The average Bonchev–Trinajstić information content (AvgIpc) is 0.815. The Kier molecular flexibility index (Phi) is 41.9. The number of rotatable bonds is 57. The quantitative estimate of drug-likeness (QED) is 0.0314. The zero-order valence-electron chi connectivity index (χ0n) is 60.8. The smallest absolute Gasteiger partial charge is 0.330 e. The van der Waals surface area contributed by atoms with E-state index < -0.39 is 205 Å². The molecule has 31 nitrogen and oxygen atoms in total. The highest BCUT2D eigenvalue weighted by atomic mass is 16.6. The van der Waals surface area contributed by atoms with E-state index in [1.807, 2.05) is 37.8 Å². The van der Waals surface area contributed by atoms with E-state index in [9.17, 15) is 62.3 Å². The third-order valence-electron chi connectivity index (χ3n) is 16.4. The fourth-order valence-electron chi connectivity index (χ4n) is 9.79. The molecule has 0 radical (unpaired) electrons. The number of ketones is 1. The van der Waals surface area contributed by atoms with Crippen molar-refractivity contribution in [2.24, 2.45) is 21.7 Å². The van der Waals surface area contributed by atoms with Gasteiger partial charge in [0.2, 0.25) is 0 Å². The van der Waals surface area contributed by atoms with Gasteiger partial charge in [-0.15, -0.1) is 0 Å². The Bertz CT molecular complexity index is 3090. The van der Waals surface area contributed by atoms with Crippen molar-refractivity contribution in [2.45, 2.75) is 45.6 Å². The number of piperazine rings is 1. The van der Waals surface area contributed by atoms with E-state index in [1.54, 1.807) is 12.1 Å². The SMILES string of the molecule is C=CC(=O)OCC(COCC(COC(=O)C=C)(COC(=O)C=C)COC(=O)CCNCCN(CC)c1ccc(C(=O)C(C)(CC)N2CCN(CCC(=O)OCC(COCC(COC(=O)C=C)(COC(=O)C=C)COC(=O)C=C)(COC(=O)C=C)COC(=O)C=C)CC2)cc1)(COC(=O)C=C)COC(=O)C=C. The summed E-state index contributed by atoms with van der Waals surface area (Å²) in [5.74, 6) is -10.3. The van der Waals surface area contributed by atoms with Gasteiger partial charge in [0.25, 0.3) is 0 Å². The molecule has 0 aliphatic carbocycles. The van der Waals surface area contributed by atoms with Crippen molar-refractivity contribution in [3.8, 4) is 0 Å². The second-order valence-electron chi connectivity index (χ2n) is 24.6. The van der Waals surface area contributed by atoms with Gasteiger partial charge in [-0.25, -0.2) is 47.9 Å². The predicted molar refractivity (Wildman–Crippen MR) is 382 cm³/mol. The maximum Gasteiger partial charge on any atom is 0.330 e. The molecule has 1 N–H and O–H groups in total. The van der Waals surface area contributed by atoms with Crippen molar-refractivity contribution >= 4 is 83.1 Å². The van der Waals surface area contributed by atoms with Crippen LogP contribution in [0.5, 0.6) is 0 Å². The summed E-state index contributed by atoms with van der Waals surface area (Å²) in [6.07, 6.45) is 9.00. The van der Waals surface area contributed by atoms with E-state index in [0.29, 0.717) is 57.8 Å². The summed E-state index contributed by atoms with van der Waals surface area (Å²) in [6.45, 7) is 34.9. The van der Waals surface area contributed by atoms with Crippen LogP contribution in [0.2, 0.25) is 0 Å². The maximum absolute atomic E-state index is 14.5. The van der Waals surface area contributed by atoms with Crippen LogP contribution < -0.4 is 10.2 Å². The minimum absolute atomic E-state index is 0.0899. The summed E-state index contributed by atoms with van der Waals surface area (Å²) in [5.41, 5.74) is -5.99. The first-order valence-electron chi connectivity index (χ1n) is 33.5. The predicted octanol–water partition coefficient (Wildman–Crippen LogP) is 4.21. The van der Waals surface area contributed by atoms with Crippen LogP contribution in [0.1, 0.15) is 50.4 Å². The number of likely N-dealkylation sites (N-methyl/N-ethyl adjacent to an activating group) is 1. The summed E-state index contributed by atoms with van der Waals surface area (Å²) in [7, 11) is 0. The van der Waals surface area contributed by atoms with Gasteiger partial charge in [-0.3, -0.25) is 19.3 Å². The number of ether oxygens (including phenoxy) is 14. The molecule has 1 unspecified atom stereocenters. The normalized spacial score (nSPS) is 12.9. The minimum Gasteiger partial charge on any atom is -0.465 e. The lowest BCUT2D eigenvalue weighted by molar-refractivity contribution is -0.174.